The zero-order valence-electron chi connectivity index (χ0n) is 17.2. The lowest BCUT2D eigenvalue weighted by Crippen LogP contribution is -2.46. The van der Waals surface area contributed by atoms with Gasteiger partial charge in [0.2, 0.25) is 5.91 Å². The maximum Gasteiger partial charge on any atom is 0.276 e. The number of hydrogen-bond donors (Lipinski definition) is 1. The second-order valence-corrected chi connectivity index (χ2v) is 7.49. The second-order valence-electron chi connectivity index (χ2n) is 7.49. The topological polar surface area (TPSA) is 87.9 Å². The second kappa shape index (κ2) is 9.56. The Labute approximate surface area is 170 Å². The number of likely N-dealkylation sites (tertiary alicyclic amines) is 1. The number of nitrogens with one attached hydrogen (secondary N) is 1. The third-order valence-electron chi connectivity index (χ3n) is 5.02. The highest BCUT2D eigenvalue weighted by molar-refractivity contribution is 5.93. The van der Waals surface area contributed by atoms with Crippen molar-refractivity contribution >= 4 is 11.8 Å². The van der Waals surface area contributed by atoms with Crippen molar-refractivity contribution in [3.63, 3.8) is 0 Å². The van der Waals surface area contributed by atoms with Crippen LogP contribution < -0.4 is 10.1 Å². The smallest absolute Gasteiger partial charge is 0.276 e. The summed E-state index contributed by atoms with van der Waals surface area (Å²) in [5.74, 6) is 0.794. The summed E-state index contributed by atoms with van der Waals surface area (Å²) in [6, 6.07) is 9.01. The number of ether oxygens (including phenoxy) is 1. The van der Waals surface area contributed by atoms with Gasteiger partial charge in [-0.05, 0) is 39.1 Å². The van der Waals surface area contributed by atoms with E-state index in [0.717, 1.165) is 24.9 Å². The first-order valence-corrected chi connectivity index (χ1v) is 9.81. The van der Waals surface area contributed by atoms with E-state index >= 15 is 0 Å². The van der Waals surface area contributed by atoms with Crippen LogP contribution in [0.3, 0.4) is 0 Å². The molecule has 8 heteroatoms. The van der Waals surface area contributed by atoms with Crippen molar-refractivity contribution in [3.05, 3.63) is 36.0 Å². The van der Waals surface area contributed by atoms with E-state index in [0.29, 0.717) is 31.1 Å². The molecule has 1 N–H and O–H groups in total. The molecule has 1 fully saturated rings. The highest BCUT2D eigenvalue weighted by Gasteiger charge is 2.30. The Kier molecular flexibility index (Phi) is 6.87. The summed E-state index contributed by atoms with van der Waals surface area (Å²) in [5.41, 5.74) is 1.03. The molecule has 2 aromatic rings. The van der Waals surface area contributed by atoms with Gasteiger partial charge in [0.25, 0.3) is 5.91 Å². The number of benzene rings is 1. The van der Waals surface area contributed by atoms with Gasteiger partial charge in [0.1, 0.15) is 5.75 Å². The number of amides is 2. The van der Waals surface area contributed by atoms with Gasteiger partial charge >= 0.3 is 0 Å². The molecule has 1 aliphatic rings. The van der Waals surface area contributed by atoms with E-state index in [1.54, 1.807) is 18.1 Å². The van der Waals surface area contributed by atoms with Crippen molar-refractivity contribution in [1.82, 2.24) is 20.3 Å². The number of rotatable bonds is 7. The quantitative estimate of drug-likeness (QED) is 0.764. The van der Waals surface area contributed by atoms with Gasteiger partial charge in [-0.1, -0.05) is 17.3 Å². The third-order valence-corrected chi connectivity index (χ3v) is 5.02. The SMILES string of the molecule is COc1cccc(-c2cc(C(=O)N3CCC[C@H](C(=O)NCCN(C)C)C3)no2)c1. The maximum atomic E-state index is 12.9. The maximum absolute atomic E-state index is 12.9. The first-order chi connectivity index (χ1) is 14.0. The van der Waals surface area contributed by atoms with Crippen LogP contribution in [0.2, 0.25) is 0 Å². The Hall–Kier alpha value is -2.87. The Balaban J connectivity index is 1.62. The molecule has 29 heavy (non-hydrogen) atoms. The van der Waals surface area contributed by atoms with E-state index in [1.807, 2.05) is 43.3 Å². The van der Waals surface area contributed by atoms with E-state index < -0.39 is 0 Å². The molecule has 2 heterocycles. The van der Waals surface area contributed by atoms with Crippen molar-refractivity contribution in [3.8, 4) is 17.1 Å². The molecule has 1 atom stereocenters. The number of carbonyl (C=O) groups excluding carboxylic acids is 2. The predicted molar refractivity (Wildman–Crippen MR) is 109 cm³/mol. The van der Waals surface area contributed by atoms with Crippen LogP contribution in [0.25, 0.3) is 11.3 Å². The average molecular weight is 400 g/mol. The van der Waals surface area contributed by atoms with Crippen LogP contribution in [-0.4, -0.2) is 74.2 Å². The van der Waals surface area contributed by atoms with Crippen LogP contribution in [0.4, 0.5) is 0 Å². The number of nitrogens with zero attached hydrogens (tertiary/aromatic N) is 3. The third kappa shape index (κ3) is 5.35. The average Bonchev–Trinajstić information content (AvgIpc) is 3.23. The molecule has 0 aliphatic carbocycles. The Morgan fingerprint density at radius 1 is 1.34 bits per heavy atom. The summed E-state index contributed by atoms with van der Waals surface area (Å²) in [6.07, 6.45) is 1.57. The molecular formula is C21H28N4O4. The van der Waals surface area contributed by atoms with E-state index in [4.69, 9.17) is 9.26 Å². The fourth-order valence-corrected chi connectivity index (χ4v) is 3.37. The summed E-state index contributed by atoms with van der Waals surface area (Å²) < 4.78 is 10.6. The largest absolute Gasteiger partial charge is 0.497 e. The zero-order valence-corrected chi connectivity index (χ0v) is 17.2. The number of likely N-dealkylation sites (N-methyl/N-ethyl adjacent to an activating group) is 1. The van der Waals surface area contributed by atoms with E-state index in [1.165, 1.54) is 0 Å². The van der Waals surface area contributed by atoms with Crippen molar-refractivity contribution in [2.45, 2.75) is 12.8 Å². The molecule has 156 valence electrons. The standard InChI is InChI=1S/C21H28N4O4/c1-24(2)11-9-22-20(26)16-7-5-10-25(14-16)21(27)18-13-19(29-23-18)15-6-4-8-17(12-15)28-3/h4,6,8,12-13,16H,5,7,9-11,14H2,1-3H3,(H,22,26)/t16-/m0/s1. The van der Waals surface area contributed by atoms with Gasteiger partial charge < -0.3 is 24.4 Å². The van der Waals surface area contributed by atoms with Crippen LogP contribution in [0.15, 0.2) is 34.9 Å². The molecule has 3 rings (SSSR count). The Morgan fingerprint density at radius 3 is 2.93 bits per heavy atom. The monoisotopic (exact) mass is 400 g/mol. The molecule has 0 saturated carbocycles. The lowest BCUT2D eigenvalue weighted by atomic mass is 9.97. The molecule has 2 amide bonds. The summed E-state index contributed by atoms with van der Waals surface area (Å²) in [7, 11) is 5.52. The summed E-state index contributed by atoms with van der Waals surface area (Å²) in [6.45, 7) is 2.40. The summed E-state index contributed by atoms with van der Waals surface area (Å²) >= 11 is 0. The van der Waals surface area contributed by atoms with Crippen molar-refractivity contribution in [2.75, 3.05) is 47.4 Å². The van der Waals surface area contributed by atoms with Gasteiger partial charge in [-0.25, -0.2) is 0 Å². The lowest BCUT2D eigenvalue weighted by Gasteiger charge is -2.31. The highest BCUT2D eigenvalue weighted by atomic mass is 16.5. The molecular weight excluding hydrogens is 372 g/mol. The molecule has 0 unspecified atom stereocenters. The van der Waals surface area contributed by atoms with Crippen LogP contribution in [0.5, 0.6) is 5.75 Å². The Morgan fingerprint density at radius 2 is 2.17 bits per heavy atom. The first kappa shape index (κ1) is 20.9. The number of carbonyl (C=O) groups is 2. The lowest BCUT2D eigenvalue weighted by molar-refractivity contribution is -0.126. The zero-order chi connectivity index (χ0) is 20.8. The first-order valence-electron chi connectivity index (χ1n) is 9.81. The molecule has 8 nitrogen and oxygen atoms in total. The molecule has 0 radical (unpaired) electrons. The molecule has 1 aromatic carbocycles. The Bertz CT molecular complexity index is 849. The summed E-state index contributed by atoms with van der Waals surface area (Å²) in [5, 5.41) is 6.90. The van der Waals surface area contributed by atoms with Crippen molar-refractivity contribution in [1.29, 1.82) is 0 Å². The number of methoxy groups -OCH3 is 1. The molecule has 1 saturated heterocycles. The summed E-state index contributed by atoms with van der Waals surface area (Å²) in [4.78, 5) is 29.0. The predicted octanol–water partition coefficient (Wildman–Crippen LogP) is 1.88. The van der Waals surface area contributed by atoms with Gasteiger partial charge in [0.05, 0.1) is 13.0 Å². The van der Waals surface area contributed by atoms with E-state index in [-0.39, 0.29) is 23.4 Å². The number of piperidine rings is 1. The molecule has 0 spiro atoms. The van der Waals surface area contributed by atoms with Crippen LogP contribution in [-0.2, 0) is 4.79 Å². The van der Waals surface area contributed by atoms with Gasteiger partial charge in [0.15, 0.2) is 11.5 Å². The van der Waals surface area contributed by atoms with Crippen molar-refractivity contribution < 1.29 is 18.8 Å². The van der Waals surface area contributed by atoms with Crippen LogP contribution in [0, 0.1) is 5.92 Å². The minimum absolute atomic E-state index is 0.00146. The molecule has 0 bridgehead atoms. The van der Waals surface area contributed by atoms with Gasteiger partial charge in [0, 0.05) is 37.8 Å². The van der Waals surface area contributed by atoms with Crippen LogP contribution >= 0.6 is 0 Å². The minimum Gasteiger partial charge on any atom is -0.497 e. The van der Waals surface area contributed by atoms with Gasteiger partial charge in [-0.3, -0.25) is 9.59 Å². The number of hydrogen-bond acceptors (Lipinski definition) is 6. The fraction of sp³-hybridized carbons (Fsp3) is 0.476. The highest BCUT2D eigenvalue weighted by Crippen LogP contribution is 2.25. The number of aromatic nitrogens is 1. The molecule has 1 aromatic heterocycles. The normalized spacial score (nSPS) is 16.7. The van der Waals surface area contributed by atoms with Crippen LogP contribution in [0.1, 0.15) is 23.3 Å². The van der Waals surface area contributed by atoms with E-state index in [9.17, 15) is 9.59 Å². The molecule has 1 aliphatic heterocycles. The van der Waals surface area contributed by atoms with Gasteiger partial charge in [-0.2, -0.15) is 0 Å². The van der Waals surface area contributed by atoms with Crippen molar-refractivity contribution in [2.24, 2.45) is 5.92 Å². The fourth-order valence-electron chi connectivity index (χ4n) is 3.37. The van der Waals surface area contributed by atoms with E-state index in [2.05, 4.69) is 10.5 Å². The van der Waals surface area contributed by atoms with Gasteiger partial charge in [-0.15, -0.1) is 0 Å². The minimum atomic E-state index is -0.214.